The number of nitrogens with one attached hydrogen (secondary N) is 1. The average molecular weight is 319 g/mol. The molecule has 0 aromatic heterocycles. The molecule has 0 saturated heterocycles. The monoisotopic (exact) mass is 318 g/mol. The Hall–Kier alpha value is -0.770. The molecule has 5 heteroatoms. The van der Waals surface area contributed by atoms with Crippen molar-refractivity contribution < 1.29 is 4.79 Å². The lowest BCUT2D eigenvalue weighted by Crippen LogP contribution is -2.42. The maximum Gasteiger partial charge on any atom is 0.227 e. The molecule has 0 heterocycles. The van der Waals surface area contributed by atoms with Crippen LogP contribution in [-0.4, -0.2) is 30.4 Å². The third-order valence-electron chi connectivity index (χ3n) is 3.08. The van der Waals surface area contributed by atoms with E-state index in [0.29, 0.717) is 18.1 Å². The summed E-state index contributed by atoms with van der Waals surface area (Å²) in [7, 11) is 1.86. The highest BCUT2D eigenvalue weighted by atomic mass is 35.5. The van der Waals surface area contributed by atoms with Gasteiger partial charge in [0.05, 0.1) is 0 Å². The number of carbonyl (C=O) groups excluding carboxylic acids is 1. The summed E-state index contributed by atoms with van der Waals surface area (Å²) in [6.07, 6.45) is 0. The molecule has 20 heavy (non-hydrogen) atoms. The number of halogens is 2. The van der Waals surface area contributed by atoms with E-state index in [9.17, 15) is 4.79 Å². The van der Waals surface area contributed by atoms with Crippen LogP contribution in [0, 0.1) is 5.92 Å². The maximum absolute atomic E-state index is 12.4. The number of rotatable bonds is 6. The number of hydrogen-bond acceptors (Lipinski definition) is 2. The minimum atomic E-state index is -0.0217. The van der Waals surface area contributed by atoms with Crippen molar-refractivity contribution in [3.8, 4) is 0 Å². The quantitative estimate of drug-likeness (QED) is 0.872. The van der Waals surface area contributed by atoms with Gasteiger partial charge in [0.25, 0.3) is 0 Å². The summed E-state index contributed by atoms with van der Waals surface area (Å²) in [5.41, 5.74) is 1.06. The summed E-state index contributed by atoms with van der Waals surface area (Å²) in [4.78, 5) is 14.3. The van der Waals surface area contributed by atoms with Crippen LogP contribution in [0.4, 0.5) is 0 Å². The van der Waals surface area contributed by atoms with Gasteiger partial charge in [-0.05, 0) is 38.6 Å². The van der Waals surface area contributed by atoms with E-state index < -0.39 is 0 Å². The van der Waals surface area contributed by atoms with Crippen LogP contribution in [0.15, 0.2) is 24.3 Å². The summed E-state index contributed by atoms with van der Waals surface area (Å²) in [6.45, 7) is 7.32. The zero-order chi connectivity index (χ0) is 14.4. The Morgan fingerprint density at radius 3 is 2.50 bits per heavy atom. The van der Waals surface area contributed by atoms with E-state index in [1.54, 1.807) is 0 Å². The summed E-state index contributed by atoms with van der Waals surface area (Å²) in [5, 5.41) is 3.75. The maximum atomic E-state index is 12.4. The molecule has 0 saturated carbocycles. The van der Waals surface area contributed by atoms with Crippen LogP contribution in [0.3, 0.4) is 0 Å². The largest absolute Gasteiger partial charge is 0.336 e. The highest BCUT2D eigenvalue weighted by Gasteiger charge is 2.22. The third-order valence-corrected chi connectivity index (χ3v) is 3.32. The molecule has 0 fully saturated rings. The first-order valence-corrected chi connectivity index (χ1v) is 7.03. The molecular weight excluding hydrogens is 295 g/mol. The second kappa shape index (κ2) is 9.22. The number of benzene rings is 1. The lowest BCUT2D eigenvalue weighted by Gasteiger charge is -2.29. The highest BCUT2D eigenvalue weighted by molar-refractivity contribution is 6.30. The van der Waals surface area contributed by atoms with E-state index in [-0.39, 0.29) is 30.3 Å². The van der Waals surface area contributed by atoms with Crippen molar-refractivity contribution in [1.29, 1.82) is 0 Å². The molecule has 0 aliphatic rings. The summed E-state index contributed by atoms with van der Waals surface area (Å²) < 4.78 is 0. The zero-order valence-corrected chi connectivity index (χ0v) is 14.1. The fourth-order valence-corrected chi connectivity index (χ4v) is 2.24. The summed E-state index contributed by atoms with van der Waals surface area (Å²) in [6, 6.07) is 7.84. The normalized spacial score (nSPS) is 11.9. The zero-order valence-electron chi connectivity index (χ0n) is 12.5. The van der Waals surface area contributed by atoms with Crippen molar-refractivity contribution in [2.75, 3.05) is 13.6 Å². The van der Waals surface area contributed by atoms with Crippen molar-refractivity contribution >= 4 is 29.9 Å². The highest BCUT2D eigenvalue weighted by Crippen LogP contribution is 2.16. The molecule has 1 amide bonds. The van der Waals surface area contributed by atoms with Gasteiger partial charge in [0.1, 0.15) is 0 Å². The van der Waals surface area contributed by atoms with E-state index in [0.717, 1.165) is 5.56 Å². The van der Waals surface area contributed by atoms with E-state index >= 15 is 0 Å². The van der Waals surface area contributed by atoms with Gasteiger partial charge in [-0.1, -0.05) is 30.7 Å². The average Bonchev–Trinajstić information content (AvgIpc) is 2.35. The van der Waals surface area contributed by atoms with Gasteiger partial charge in [-0.2, -0.15) is 0 Å². The van der Waals surface area contributed by atoms with Crippen LogP contribution < -0.4 is 5.32 Å². The van der Waals surface area contributed by atoms with E-state index in [1.165, 1.54) is 0 Å². The van der Waals surface area contributed by atoms with Gasteiger partial charge in [-0.15, -0.1) is 12.4 Å². The van der Waals surface area contributed by atoms with Gasteiger partial charge in [0.2, 0.25) is 5.91 Å². The Morgan fingerprint density at radius 1 is 1.35 bits per heavy atom. The lowest BCUT2D eigenvalue weighted by atomic mass is 10.1. The van der Waals surface area contributed by atoms with Gasteiger partial charge >= 0.3 is 0 Å². The van der Waals surface area contributed by atoms with Crippen molar-refractivity contribution in [2.45, 2.75) is 33.4 Å². The first kappa shape index (κ1) is 19.2. The van der Waals surface area contributed by atoms with E-state index in [2.05, 4.69) is 5.32 Å². The molecule has 1 rings (SSSR count). The van der Waals surface area contributed by atoms with Crippen LogP contribution in [0.2, 0.25) is 5.02 Å². The van der Waals surface area contributed by atoms with Crippen molar-refractivity contribution in [3.05, 3.63) is 34.9 Å². The van der Waals surface area contributed by atoms with E-state index in [1.807, 2.05) is 57.0 Å². The van der Waals surface area contributed by atoms with Gasteiger partial charge in [-0.25, -0.2) is 0 Å². The molecule has 0 bridgehead atoms. The Balaban J connectivity index is 0.00000361. The topological polar surface area (TPSA) is 32.3 Å². The smallest absolute Gasteiger partial charge is 0.227 e. The first-order valence-electron chi connectivity index (χ1n) is 6.65. The number of amides is 1. The number of nitrogens with zero attached hydrogens (tertiary/aromatic N) is 1. The fraction of sp³-hybridized carbons (Fsp3) is 0.533. The summed E-state index contributed by atoms with van der Waals surface area (Å²) in [5.74, 6) is 0.149. The van der Waals surface area contributed by atoms with E-state index in [4.69, 9.17) is 11.6 Å². The Kier molecular flexibility index (Phi) is 8.86. The molecule has 0 spiro atoms. The molecule has 1 aromatic carbocycles. The Labute approximate surface area is 133 Å². The molecule has 0 aliphatic heterocycles. The second-order valence-electron chi connectivity index (χ2n) is 5.15. The SMILES string of the molecule is CNCC(C)C(=O)N(Cc1cccc(Cl)c1)C(C)C.Cl. The standard InChI is InChI=1S/C15H23ClN2O.ClH/c1-11(2)18(15(19)12(3)9-17-4)10-13-6-5-7-14(16)8-13;/h5-8,11-12,17H,9-10H2,1-4H3;1H. The van der Waals surface area contributed by atoms with Gasteiger partial charge in [0.15, 0.2) is 0 Å². The molecule has 3 nitrogen and oxygen atoms in total. The van der Waals surface area contributed by atoms with Crippen LogP contribution >= 0.6 is 24.0 Å². The summed E-state index contributed by atoms with van der Waals surface area (Å²) >= 11 is 5.99. The minimum absolute atomic E-state index is 0. The van der Waals surface area contributed by atoms with Crippen LogP contribution in [0.5, 0.6) is 0 Å². The second-order valence-corrected chi connectivity index (χ2v) is 5.58. The van der Waals surface area contributed by atoms with Gasteiger partial charge in [0, 0.05) is 30.1 Å². The molecule has 1 unspecified atom stereocenters. The van der Waals surface area contributed by atoms with Crippen LogP contribution in [0.1, 0.15) is 26.3 Å². The molecule has 1 aromatic rings. The van der Waals surface area contributed by atoms with Crippen LogP contribution in [0.25, 0.3) is 0 Å². The Bertz CT molecular complexity index is 424. The third kappa shape index (κ3) is 5.70. The van der Waals surface area contributed by atoms with Crippen molar-refractivity contribution in [2.24, 2.45) is 5.92 Å². The van der Waals surface area contributed by atoms with Crippen LogP contribution in [-0.2, 0) is 11.3 Å². The predicted octanol–water partition coefficient (Wildman–Crippen LogP) is 3.35. The first-order chi connectivity index (χ1) is 8.95. The molecule has 114 valence electrons. The molecule has 1 atom stereocenters. The molecule has 1 N–H and O–H groups in total. The van der Waals surface area contributed by atoms with Gasteiger partial charge < -0.3 is 10.2 Å². The minimum Gasteiger partial charge on any atom is -0.336 e. The number of carbonyl (C=O) groups is 1. The molecule has 0 radical (unpaired) electrons. The molecular formula is C15H24Cl2N2O. The predicted molar refractivity (Wildman–Crippen MR) is 87.5 cm³/mol. The Morgan fingerprint density at radius 2 is 2.00 bits per heavy atom. The molecule has 0 aliphatic carbocycles. The number of hydrogen-bond donors (Lipinski definition) is 1. The lowest BCUT2D eigenvalue weighted by molar-refractivity contribution is -0.137. The van der Waals surface area contributed by atoms with Crippen molar-refractivity contribution in [3.63, 3.8) is 0 Å². The van der Waals surface area contributed by atoms with Gasteiger partial charge in [-0.3, -0.25) is 4.79 Å². The fourth-order valence-electron chi connectivity index (χ4n) is 2.02. The van der Waals surface area contributed by atoms with Crippen molar-refractivity contribution in [1.82, 2.24) is 10.2 Å².